The van der Waals surface area contributed by atoms with Gasteiger partial charge in [0.2, 0.25) is 5.91 Å². The van der Waals surface area contributed by atoms with Crippen molar-refractivity contribution in [3.63, 3.8) is 0 Å². The van der Waals surface area contributed by atoms with Crippen LogP contribution in [0.25, 0.3) is 0 Å². The number of hydrogen-bond acceptors (Lipinski definition) is 3. The van der Waals surface area contributed by atoms with Crippen molar-refractivity contribution < 1.29 is 9.53 Å². The second-order valence-electron chi connectivity index (χ2n) is 5.84. The molecule has 0 bridgehead atoms. The molecule has 23 heavy (non-hydrogen) atoms. The molecule has 1 unspecified atom stereocenters. The monoisotopic (exact) mass is 310 g/mol. The van der Waals surface area contributed by atoms with Crippen LogP contribution in [0, 0.1) is 0 Å². The molecule has 1 aliphatic rings. The summed E-state index contributed by atoms with van der Waals surface area (Å²) in [5.74, 6) is 0.944. The number of ether oxygens (including phenoxy) is 1. The van der Waals surface area contributed by atoms with E-state index in [1.165, 1.54) is 5.56 Å². The van der Waals surface area contributed by atoms with Gasteiger partial charge in [0.15, 0.2) is 0 Å². The smallest absolute Gasteiger partial charge is 0.245 e. The lowest BCUT2D eigenvalue weighted by atomic mass is 10.1. The molecular weight excluding hydrogens is 288 g/mol. The predicted octanol–water partition coefficient (Wildman–Crippen LogP) is 3.47. The molecule has 1 fully saturated rings. The lowest BCUT2D eigenvalue weighted by Crippen LogP contribution is -2.35. The molecule has 2 aromatic rings. The highest BCUT2D eigenvalue weighted by molar-refractivity contribution is 5.87. The third kappa shape index (κ3) is 3.31. The Morgan fingerprint density at radius 3 is 2.70 bits per heavy atom. The number of nitrogens with zero attached hydrogens (tertiary/aromatic N) is 1. The molecule has 120 valence electrons. The number of amides is 1. The molecule has 0 spiro atoms. The number of rotatable bonds is 5. The van der Waals surface area contributed by atoms with Gasteiger partial charge in [-0.05, 0) is 31.0 Å². The Hall–Kier alpha value is -2.49. The largest absolute Gasteiger partial charge is 0.497 e. The van der Waals surface area contributed by atoms with Crippen molar-refractivity contribution in [3.8, 4) is 5.75 Å². The molecule has 1 N–H and O–H groups in total. The van der Waals surface area contributed by atoms with Crippen molar-refractivity contribution in [2.24, 2.45) is 0 Å². The SMILES string of the molecule is COc1cccc(NC2CCN([C@H](C)c3ccccc3)C2=O)c1. The fourth-order valence-corrected chi connectivity index (χ4v) is 3.05. The van der Waals surface area contributed by atoms with E-state index in [0.717, 1.165) is 24.4 Å². The highest BCUT2D eigenvalue weighted by Crippen LogP contribution is 2.27. The van der Waals surface area contributed by atoms with E-state index in [2.05, 4.69) is 24.4 Å². The van der Waals surface area contributed by atoms with Gasteiger partial charge in [-0.2, -0.15) is 0 Å². The maximum atomic E-state index is 12.7. The second kappa shape index (κ2) is 6.73. The first-order valence-corrected chi connectivity index (χ1v) is 7.95. The summed E-state index contributed by atoms with van der Waals surface area (Å²) in [6, 6.07) is 17.8. The van der Waals surface area contributed by atoms with Crippen molar-refractivity contribution in [2.45, 2.75) is 25.4 Å². The minimum absolute atomic E-state index is 0.0980. The zero-order valence-corrected chi connectivity index (χ0v) is 13.5. The molecule has 2 atom stereocenters. The molecule has 1 aliphatic heterocycles. The second-order valence-corrected chi connectivity index (χ2v) is 5.84. The summed E-state index contributed by atoms with van der Waals surface area (Å²) >= 11 is 0. The van der Waals surface area contributed by atoms with E-state index in [4.69, 9.17) is 4.74 Å². The Morgan fingerprint density at radius 1 is 1.17 bits per heavy atom. The summed E-state index contributed by atoms with van der Waals surface area (Å²) in [6.07, 6.45) is 0.813. The van der Waals surface area contributed by atoms with Crippen LogP contribution in [0.4, 0.5) is 5.69 Å². The first-order chi connectivity index (χ1) is 11.2. The van der Waals surface area contributed by atoms with E-state index in [0.29, 0.717) is 0 Å². The maximum absolute atomic E-state index is 12.7. The van der Waals surface area contributed by atoms with Gasteiger partial charge in [0, 0.05) is 18.3 Å². The third-order valence-corrected chi connectivity index (χ3v) is 4.40. The molecule has 1 amide bonds. The average molecular weight is 310 g/mol. The fraction of sp³-hybridized carbons (Fsp3) is 0.316. The molecule has 1 heterocycles. The van der Waals surface area contributed by atoms with E-state index in [1.54, 1.807) is 7.11 Å². The molecule has 0 aliphatic carbocycles. The van der Waals surface area contributed by atoms with Crippen molar-refractivity contribution in [3.05, 3.63) is 60.2 Å². The zero-order valence-electron chi connectivity index (χ0n) is 13.5. The molecule has 0 aromatic heterocycles. The number of nitrogens with one attached hydrogen (secondary N) is 1. The predicted molar refractivity (Wildman–Crippen MR) is 91.6 cm³/mol. The first-order valence-electron chi connectivity index (χ1n) is 7.95. The van der Waals surface area contributed by atoms with Crippen molar-refractivity contribution in [2.75, 3.05) is 19.0 Å². The van der Waals surface area contributed by atoms with Gasteiger partial charge in [-0.15, -0.1) is 0 Å². The number of anilines is 1. The minimum Gasteiger partial charge on any atom is -0.497 e. The van der Waals surface area contributed by atoms with Crippen molar-refractivity contribution >= 4 is 11.6 Å². The number of methoxy groups -OCH3 is 1. The lowest BCUT2D eigenvalue weighted by Gasteiger charge is -2.25. The standard InChI is InChI=1S/C19H22N2O2/c1-14(15-7-4-3-5-8-15)21-12-11-18(19(21)22)20-16-9-6-10-17(13-16)23-2/h3-10,13-14,18,20H,11-12H2,1-2H3/t14-,18?/m1/s1. The summed E-state index contributed by atoms with van der Waals surface area (Å²) in [4.78, 5) is 14.7. The Bertz CT molecular complexity index is 672. The lowest BCUT2D eigenvalue weighted by molar-refractivity contribution is -0.130. The number of carbonyl (C=O) groups is 1. The number of likely N-dealkylation sites (tertiary alicyclic amines) is 1. The molecule has 2 aromatic carbocycles. The zero-order chi connectivity index (χ0) is 16.2. The Kier molecular flexibility index (Phi) is 4.51. The van der Waals surface area contributed by atoms with E-state index in [1.807, 2.05) is 47.4 Å². The van der Waals surface area contributed by atoms with Crippen LogP contribution in [0.3, 0.4) is 0 Å². The van der Waals surface area contributed by atoms with Crippen LogP contribution in [0.5, 0.6) is 5.75 Å². The Balaban J connectivity index is 1.69. The van der Waals surface area contributed by atoms with Crippen LogP contribution in [0.15, 0.2) is 54.6 Å². The van der Waals surface area contributed by atoms with Gasteiger partial charge in [0.1, 0.15) is 11.8 Å². The van der Waals surface area contributed by atoms with Gasteiger partial charge < -0.3 is 15.0 Å². The van der Waals surface area contributed by atoms with Crippen LogP contribution in [-0.2, 0) is 4.79 Å². The normalized spacial score (nSPS) is 18.8. The summed E-state index contributed by atoms with van der Waals surface area (Å²) < 4.78 is 5.23. The van der Waals surface area contributed by atoms with Gasteiger partial charge >= 0.3 is 0 Å². The molecule has 0 saturated carbocycles. The van der Waals surface area contributed by atoms with Crippen LogP contribution in [0.2, 0.25) is 0 Å². The highest BCUT2D eigenvalue weighted by atomic mass is 16.5. The number of carbonyl (C=O) groups excluding carboxylic acids is 1. The van der Waals surface area contributed by atoms with Crippen molar-refractivity contribution in [1.29, 1.82) is 0 Å². The quantitative estimate of drug-likeness (QED) is 0.919. The van der Waals surface area contributed by atoms with Gasteiger partial charge in [0.05, 0.1) is 13.2 Å². The Morgan fingerprint density at radius 2 is 1.96 bits per heavy atom. The Labute approximate surface area is 137 Å². The van der Waals surface area contributed by atoms with Crippen LogP contribution < -0.4 is 10.1 Å². The van der Waals surface area contributed by atoms with Crippen LogP contribution in [-0.4, -0.2) is 30.5 Å². The van der Waals surface area contributed by atoms with E-state index >= 15 is 0 Å². The van der Waals surface area contributed by atoms with Gasteiger partial charge in [-0.25, -0.2) is 0 Å². The third-order valence-electron chi connectivity index (χ3n) is 4.40. The average Bonchev–Trinajstić information content (AvgIpc) is 2.96. The van der Waals surface area contributed by atoms with E-state index in [-0.39, 0.29) is 18.0 Å². The van der Waals surface area contributed by atoms with Crippen LogP contribution in [0.1, 0.15) is 24.9 Å². The fourth-order valence-electron chi connectivity index (χ4n) is 3.05. The molecule has 4 nitrogen and oxygen atoms in total. The topological polar surface area (TPSA) is 41.6 Å². The summed E-state index contributed by atoms with van der Waals surface area (Å²) in [6.45, 7) is 2.86. The van der Waals surface area contributed by atoms with Crippen LogP contribution >= 0.6 is 0 Å². The van der Waals surface area contributed by atoms with Gasteiger partial charge in [-0.1, -0.05) is 36.4 Å². The summed E-state index contributed by atoms with van der Waals surface area (Å²) in [5.41, 5.74) is 2.08. The minimum atomic E-state index is -0.173. The maximum Gasteiger partial charge on any atom is 0.245 e. The number of hydrogen-bond donors (Lipinski definition) is 1. The van der Waals surface area contributed by atoms with E-state index < -0.39 is 0 Å². The molecule has 4 heteroatoms. The van der Waals surface area contributed by atoms with Gasteiger partial charge in [-0.3, -0.25) is 4.79 Å². The molecule has 1 saturated heterocycles. The molecular formula is C19H22N2O2. The molecule has 3 rings (SSSR count). The summed E-state index contributed by atoms with van der Waals surface area (Å²) in [7, 11) is 1.64. The molecule has 0 radical (unpaired) electrons. The van der Waals surface area contributed by atoms with E-state index in [9.17, 15) is 4.79 Å². The van der Waals surface area contributed by atoms with Gasteiger partial charge in [0.25, 0.3) is 0 Å². The summed E-state index contributed by atoms with van der Waals surface area (Å²) in [5, 5.41) is 3.33. The van der Waals surface area contributed by atoms with Crippen molar-refractivity contribution in [1.82, 2.24) is 4.90 Å². The first kappa shape index (κ1) is 15.4. The highest BCUT2D eigenvalue weighted by Gasteiger charge is 2.34. The number of benzene rings is 2.